The van der Waals surface area contributed by atoms with Crippen LogP contribution in [0.15, 0.2) is 58.7 Å². The predicted molar refractivity (Wildman–Crippen MR) is 124 cm³/mol. The molecule has 0 radical (unpaired) electrons. The van der Waals surface area contributed by atoms with Gasteiger partial charge in [0, 0.05) is 6.54 Å². The van der Waals surface area contributed by atoms with Crippen LogP contribution in [0, 0.1) is 5.41 Å². The molecular formula is C25H36N2O4. The zero-order valence-electron chi connectivity index (χ0n) is 19.4. The lowest BCUT2D eigenvalue weighted by Crippen LogP contribution is -2.43. The lowest BCUT2D eigenvalue weighted by Gasteiger charge is -2.32. The third-order valence-corrected chi connectivity index (χ3v) is 5.61. The number of nitrogens with two attached hydrogens (primary N) is 1. The number of nitrogens with zero attached hydrogens (tertiary/aromatic N) is 1. The smallest absolute Gasteiger partial charge is 0.326 e. The number of allylic oxidation sites excluding steroid dienone is 9. The van der Waals surface area contributed by atoms with Crippen molar-refractivity contribution < 1.29 is 19.5 Å². The van der Waals surface area contributed by atoms with E-state index in [-0.39, 0.29) is 12.0 Å². The summed E-state index contributed by atoms with van der Waals surface area (Å²) in [5, 5.41) is 9.22. The summed E-state index contributed by atoms with van der Waals surface area (Å²) in [6.45, 7) is 10.8. The molecule has 6 nitrogen and oxygen atoms in total. The third-order valence-electron chi connectivity index (χ3n) is 5.61. The molecule has 0 aromatic heterocycles. The van der Waals surface area contributed by atoms with E-state index in [9.17, 15) is 19.5 Å². The lowest BCUT2D eigenvalue weighted by atomic mass is 9.72. The van der Waals surface area contributed by atoms with Gasteiger partial charge in [-0.3, -0.25) is 9.59 Å². The highest BCUT2D eigenvalue weighted by Crippen LogP contribution is 2.40. The molecule has 0 aromatic rings. The molecule has 1 aliphatic rings. The van der Waals surface area contributed by atoms with E-state index in [2.05, 4.69) is 32.9 Å². The quantitative estimate of drug-likeness (QED) is 0.378. The zero-order valence-corrected chi connectivity index (χ0v) is 19.4. The Hall–Kier alpha value is -2.89. The summed E-state index contributed by atoms with van der Waals surface area (Å²) >= 11 is 0. The summed E-state index contributed by atoms with van der Waals surface area (Å²) in [6.07, 6.45) is 15.5. The van der Waals surface area contributed by atoms with E-state index < -0.39 is 24.3 Å². The van der Waals surface area contributed by atoms with Crippen molar-refractivity contribution in [3.8, 4) is 0 Å². The van der Waals surface area contributed by atoms with E-state index in [4.69, 9.17) is 5.73 Å². The minimum absolute atomic E-state index is 0.0784. The van der Waals surface area contributed by atoms with Gasteiger partial charge < -0.3 is 15.7 Å². The first kappa shape index (κ1) is 26.1. The zero-order chi connectivity index (χ0) is 23.6. The van der Waals surface area contributed by atoms with E-state index in [1.54, 1.807) is 6.08 Å². The van der Waals surface area contributed by atoms with Crippen molar-refractivity contribution in [2.24, 2.45) is 11.1 Å². The van der Waals surface area contributed by atoms with Gasteiger partial charge in [-0.05, 0) is 51.0 Å². The summed E-state index contributed by atoms with van der Waals surface area (Å²) < 4.78 is 0. The number of carboxylic acids is 1. The molecule has 6 heteroatoms. The standard InChI is InChI=1S/C25H36N2O4/c1-18(11-12-21-20(3)10-7-14-25(21,4)5)8-6-9-19(2)13-15-27(17-28)22(24(30)31)16-23(26)29/h6,8-9,11-13,17,22H,7,10,14-16H2,1-5H3,(H2,26,29)(H,30,31)/t22-/m0/s1. The molecule has 0 unspecified atom stereocenters. The molecule has 0 aliphatic heterocycles. The number of carboxylic acid groups (broad SMARTS) is 1. The Morgan fingerprint density at radius 1 is 1.23 bits per heavy atom. The predicted octanol–water partition coefficient (Wildman–Crippen LogP) is 4.31. The topological polar surface area (TPSA) is 101 Å². The first-order chi connectivity index (χ1) is 14.5. The molecule has 1 aliphatic carbocycles. The van der Waals surface area contributed by atoms with Crippen LogP contribution in [0.25, 0.3) is 0 Å². The Bertz CT molecular complexity index is 828. The third kappa shape index (κ3) is 8.79. The van der Waals surface area contributed by atoms with Crippen LogP contribution in [0.5, 0.6) is 0 Å². The van der Waals surface area contributed by atoms with Gasteiger partial charge in [0.05, 0.1) is 6.42 Å². The summed E-state index contributed by atoms with van der Waals surface area (Å²) in [4.78, 5) is 34.7. The second-order valence-corrected chi connectivity index (χ2v) is 8.81. The minimum atomic E-state index is -1.27. The van der Waals surface area contributed by atoms with Gasteiger partial charge in [0.2, 0.25) is 12.3 Å². The molecule has 0 heterocycles. The summed E-state index contributed by atoms with van der Waals surface area (Å²) in [5.74, 6) is -2.03. The van der Waals surface area contributed by atoms with Crippen LogP contribution in [0.4, 0.5) is 0 Å². The van der Waals surface area contributed by atoms with Gasteiger partial charge in [-0.2, -0.15) is 0 Å². The van der Waals surface area contributed by atoms with Gasteiger partial charge in [-0.1, -0.05) is 67.0 Å². The van der Waals surface area contributed by atoms with Crippen molar-refractivity contribution in [1.82, 2.24) is 4.90 Å². The highest BCUT2D eigenvalue weighted by molar-refractivity contribution is 5.84. The van der Waals surface area contributed by atoms with Crippen LogP contribution in [-0.2, 0) is 14.4 Å². The van der Waals surface area contributed by atoms with Gasteiger partial charge >= 0.3 is 5.97 Å². The van der Waals surface area contributed by atoms with Crippen molar-refractivity contribution in [3.63, 3.8) is 0 Å². The van der Waals surface area contributed by atoms with Gasteiger partial charge in [-0.25, -0.2) is 4.79 Å². The molecule has 1 atom stereocenters. The molecule has 170 valence electrons. The minimum Gasteiger partial charge on any atom is -0.480 e. The van der Waals surface area contributed by atoms with Crippen molar-refractivity contribution >= 4 is 18.3 Å². The average Bonchev–Trinajstić information content (AvgIpc) is 2.66. The SMILES string of the molecule is CC(C=CC1=C(C)CCCC1(C)C)=CC=CC(C)=CCN(C=O)[C@@H](CC(N)=O)C(=O)O. The van der Waals surface area contributed by atoms with E-state index in [0.29, 0.717) is 6.41 Å². The highest BCUT2D eigenvalue weighted by atomic mass is 16.4. The molecule has 0 saturated carbocycles. The van der Waals surface area contributed by atoms with E-state index in [0.717, 1.165) is 22.5 Å². The number of carbonyl (C=O) groups excluding carboxylic acids is 2. The van der Waals surface area contributed by atoms with Gasteiger partial charge in [0.1, 0.15) is 6.04 Å². The molecule has 1 rings (SSSR count). The first-order valence-electron chi connectivity index (χ1n) is 10.6. The van der Waals surface area contributed by atoms with E-state index in [1.807, 2.05) is 32.1 Å². The van der Waals surface area contributed by atoms with E-state index in [1.165, 1.54) is 24.0 Å². The normalized spacial score (nSPS) is 18.5. The summed E-state index contributed by atoms with van der Waals surface area (Å²) in [5.41, 5.74) is 10.2. The first-order valence-corrected chi connectivity index (χ1v) is 10.6. The number of hydrogen-bond acceptors (Lipinski definition) is 3. The highest BCUT2D eigenvalue weighted by Gasteiger charge is 2.27. The van der Waals surface area contributed by atoms with Gasteiger partial charge in [0.25, 0.3) is 0 Å². The Morgan fingerprint density at radius 3 is 2.45 bits per heavy atom. The molecule has 31 heavy (non-hydrogen) atoms. The Kier molecular flexibility index (Phi) is 10.2. The maximum Gasteiger partial charge on any atom is 0.326 e. The Balaban J connectivity index is 2.78. The number of hydrogen-bond donors (Lipinski definition) is 2. The van der Waals surface area contributed by atoms with Crippen LogP contribution in [-0.4, -0.2) is 40.9 Å². The van der Waals surface area contributed by atoms with Crippen LogP contribution < -0.4 is 5.73 Å². The maximum absolute atomic E-state index is 11.3. The van der Waals surface area contributed by atoms with E-state index >= 15 is 0 Å². The van der Waals surface area contributed by atoms with Crippen molar-refractivity contribution in [1.29, 1.82) is 0 Å². The molecular weight excluding hydrogens is 392 g/mol. The number of carbonyl (C=O) groups is 3. The van der Waals surface area contributed by atoms with Crippen LogP contribution in [0.2, 0.25) is 0 Å². The second kappa shape index (κ2) is 12.1. The van der Waals surface area contributed by atoms with Crippen LogP contribution >= 0.6 is 0 Å². The average molecular weight is 429 g/mol. The van der Waals surface area contributed by atoms with Crippen molar-refractivity contribution in [2.45, 2.75) is 66.3 Å². The molecule has 0 spiro atoms. The van der Waals surface area contributed by atoms with Crippen LogP contribution in [0.1, 0.15) is 60.3 Å². The van der Waals surface area contributed by atoms with Gasteiger partial charge in [0.15, 0.2) is 0 Å². The monoisotopic (exact) mass is 428 g/mol. The fourth-order valence-corrected chi connectivity index (χ4v) is 3.73. The summed E-state index contributed by atoms with van der Waals surface area (Å²) in [6, 6.07) is -1.27. The Labute approximate surface area is 185 Å². The molecule has 0 aromatic carbocycles. The number of aliphatic carboxylic acids is 1. The molecule has 0 fully saturated rings. The molecule has 0 saturated heterocycles. The fraction of sp³-hybridized carbons (Fsp3) is 0.480. The summed E-state index contributed by atoms with van der Waals surface area (Å²) in [7, 11) is 0. The number of amides is 2. The lowest BCUT2D eigenvalue weighted by molar-refractivity contribution is -0.147. The molecule has 3 N–H and O–H groups in total. The Morgan fingerprint density at radius 2 is 1.90 bits per heavy atom. The number of rotatable bonds is 11. The maximum atomic E-state index is 11.3. The fourth-order valence-electron chi connectivity index (χ4n) is 3.73. The number of primary amides is 1. The molecule has 2 amide bonds. The largest absolute Gasteiger partial charge is 0.480 e. The second-order valence-electron chi connectivity index (χ2n) is 8.81. The van der Waals surface area contributed by atoms with Crippen molar-refractivity contribution in [2.75, 3.05) is 6.54 Å². The van der Waals surface area contributed by atoms with Gasteiger partial charge in [-0.15, -0.1) is 0 Å². The van der Waals surface area contributed by atoms with Crippen LogP contribution in [0.3, 0.4) is 0 Å². The van der Waals surface area contributed by atoms with Crippen molar-refractivity contribution in [3.05, 3.63) is 58.7 Å². The molecule has 0 bridgehead atoms.